The van der Waals surface area contributed by atoms with Gasteiger partial charge in [0.05, 0.1) is 0 Å². The van der Waals surface area contributed by atoms with Gasteiger partial charge in [0, 0.05) is 6.54 Å². The predicted octanol–water partition coefficient (Wildman–Crippen LogP) is 2.39. The molecule has 0 aliphatic heterocycles. The van der Waals surface area contributed by atoms with E-state index in [-0.39, 0.29) is 0 Å². The van der Waals surface area contributed by atoms with E-state index in [1.807, 2.05) is 6.08 Å². The Morgan fingerprint density at radius 1 is 1.36 bits per heavy atom. The lowest BCUT2D eigenvalue weighted by Crippen LogP contribution is -1.92. The minimum Gasteiger partial charge on any atom is -0.327 e. The van der Waals surface area contributed by atoms with E-state index < -0.39 is 0 Å². The molecule has 1 nitrogen and oxygen atoms in total. The Labute approximate surface area is 85.6 Å². The van der Waals surface area contributed by atoms with Gasteiger partial charge < -0.3 is 5.73 Å². The first-order chi connectivity index (χ1) is 6.79. The van der Waals surface area contributed by atoms with Crippen molar-refractivity contribution >= 4 is 6.08 Å². The van der Waals surface area contributed by atoms with Crippen molar-refractivity contribution < 1.29 is 0 Å². The maximum atomic E-state index is 5.42. The quantitative estimate of drug-likeness (QED) is 0.756. The summed E-state index contributed by atoms with van der Waals surface area (Å²) in [6.07, 6.45) is 6.58. The fourth-order valence-electron chi connectivity index (χ4n) is 2.17. The average molecular weight is 187 g/mol. The highest BCUT2D eigenvalue weighted by Crippen LogP contribution is 2.27. The van der Waals surface area contributed by atoms with Gasteiger partial charge in [-0.1, -0.05) is 37.3 Å². The lowest BCUT2D eigenvalue weighted by atomic mass is 10.1. The van der Waals surface area contributed by atoms with Crippen LogP contribution in [0.25, 0.3) is 6.08 Å². The molecule has 1 aliphatic carbocycles. The molecule has 1 aromatic carbocycles. The van der Waals surface area contributed by atoms with Gasteiger partial charge in [0.15, 0.2) is 0 Å². The summed E-state index contributed by atoms with van der Waals surface area (Å²) in [4.78, 5) is 0. The minimum absolute atomic E-state index is 0.619. The van der Waals surface area contributed by atoms with Crippen molar-refractivity contribution in [1.82, 2.24) is 0 Å². The van der Waals surface area contributed by atoms with E-state index in [2.05, 4.69) is 31.2 Å². The molecular weight excluding hydrogens is 170 g/mol. The van der Waals surface area contributed by atoms with Gasteiger partial charge in [-0.3, -0.25) is 0 Å². The third-order valence-electron chi connectivity index (χ3n) is 2.81. The van der Waals surface area contributed by atoms with Gasteiger partial charge in [0.1, 0.15) is 0 Å². The lowest BCUT2D eigenvalue weighted by Gasteiger charge is -1.99. The molecule has 0 saturated heterocycles. The fraction of sp³-hybridized carbons (Fsp3) is 0.385. The second-order valence-electron chi connectivity index (χ2n) is 4.18. The first kappa shape index (κ1) is 9.47. The largest absolute Gasteiger partial charge is 0.327 e. The molecule has 1 atom stereocenters. The maximum absolute atomic E-state index is 5.42. The van der Waals surface area contributed by atoms with Crippen LogP contribution in [0.2, 0.25) is 0 Å². The van der Waals surface area contributed by atoms with Crippen molar-refractivity contribution in [2.45, 2.75) is 19.8 Å². The van der Waals surface area contributed by atoms with Crippen molar-refractivity contribution in [1.29, 1.82) is 0 Å². The summed E-state index contributed by atoms with van der Waals surface area (Å²) < 4.78 is 0. The molecule has 0 fully saturated rings. The summed E-state index contributed by atoms with van der Waals surface area (Å²) in [6.45, 7) is 2.93. The molecular formula is C13H17N. The van der Waals surface area contributed by atoms with Gasteiger partial charge in [-0.15, -0.1) is 0 Å². The minimum atomic E-state index is 0.619. The molecule has 74 valence electrons. The Bertz CT molecular complexity index is 352. The van der Waals surface area contributed by atoms with E-state index in [9.17, 15) is 0 Å². The van der Waals surface area contributed by atoms with Crippen LogP contribution in [-0.2, 0) is 12.8 Å². The molecule has 0 heterocycles. The molecule has 0 saturated carbocycles. The number of rotatable bonds is 2. The van der Waals surface area contributed by atoms with Gasteiger partial charge in [-0.25, -0.2) is 0 Å². The van der Waals surface area contributed by atoms with Crippen molar-refractivity contribution in [3.63, 3.8) is 0 Å². The van der Waals surface area contributed by atoms with Crippen LogP contribution < -0.4 is 5.73 Å². The Hall–Kier alpha value is -1.08. The summed E-state index contributed by atoms with van der Waals surface area (Å²) in [5.41, 5.74) is 9.76. The summed E-state index contributed by atoms with van der Waals surface area (Å²) >= 11 is 0. The Balaban J connectivity index is 2.24. The number of hydrogen-bond donors (Lipinski definition) is 1. The zero-order chi connectivity index (χ0) is 9.97. The van der Waals surface area contributed by atoms with E-state index in [1.165, 1.54) is 29.5 Å². The van der Waals surface area contributed by atoms with Gasteiger partial charge in [-0.2, -0.15) is 0 Å². The number of nitrogens with two attached hydrogens (primary N) is 1. The van der Waals surface area contributed by atoms with Crippen LogP contribution in [0.3, 0.4) is 0 Å². The van der Waals surface area contributed by atoms with Gasteiger partial charge in [0.25, 0.3) is 0 Å². The fourth-order valence-corrected chi connectivity index (χ4v) is 2.17. The second-order valence-corrected chi connectivity index (χ2v) is 4.18. The molecule has 0 aromatic heterocycles. The smallest absolute Gasteiger partial charge is 0.0110 e. The third kappa shape index (κ3) is 1.88. The molecule has 2 rings (SSSR count). The third-order valence-corrected chi connectivity index (χ3v) is 2.81. The van der Waals surface area contributed by atoms with Crippen LogP contribution >= 0.6 is 0 Å². The van der Waals surface area contributed by atoms with Gasteiger partial charge in [-0.05, 0) is 35.4 Å². The molecule has 1 aromatic rings. The Morgan fingerprint density at radius 3 is 2.93 bits per heavy atom. The van der Waals surface area contributed by atoms with Crippen LogP contribution in [-0.4, -0.2) is 6.54 Å². The molecule has 0 radical (unpaired) electrons. The normalized spacial score (nSPS) is 20.3. The van der Waals surface area contributed by atoms with Crippen molar-refractivity contribution in [2.24, 2.45) is 11.7 Å². The predicted molar refractivity (Wildman–Crippen MR) is 61.1 cm³/mol. The number of hydrogen-bond acceptors (Lipinski definition) is 1. The monoisotopic (exact) mass is 187 g/mol. The van der Waals surface area contributed by atoms with E-state index in [0.717, 1.165) is 5.92 Å². The van der Waals surface area contributed by atoms with Crippen LogP contribution in [0.4, 0.5) is 0 Å². The van der Waals surface area contributed by atoms with Crippen LogP contribution in [0, 0.1) is 5.92 Å². The highest BCUT2D eigenvalue weighted by molar-refractivity contribution is 5.52. The average Bonchev–Trinajstić information content (AvgIpc) is 2.54. The summed E-state index contributed by atoms with van der Waals surface area (Å²) in [5.74, 6) is 0.818. The highest BCUT2D eigenvalue weighted by atomic mass is 14.5. The van der Waals surface area contributed by atoms with Gasteiger partial charge in [0.2, 0.25) is 0 Å². The number of fused-ring (bicyclic) bond motifs is 1. The van der Waals surface area contributed by atoms with Crippen LogP contribution in [0.15, 0.2) is 24.3 Å². The van der Waals surface area contributed by atoms with Crippen molar-refractivity contribution in [3.8, 4) is 0 Å². The summed E-state index contributed by atoms with van der Waals surface area (Å²) in [7, 11) is 0. The van der Waals surface area contributed by atoms with Crippen molar-refractivity contribution in [2.75, 3.05) is 6.54 Å². The van der Waals surface area contributed by atoms with E-state index in [0.29, 0.717) is 6.54 Å². The first-order valence-corrected chi connectivity index (χ1v) is 5.28. The SMILES string of the molecule is CC1Cc2ccc(/C=C/CN)cc2C1. The zero-order valence-corrected chi connectivity index (χ0v) is 8.66. The number of benzene rings is 1. The highest BCUT2D eigenvalue weighted by Gasteiger charge is 2.16. The maximum Gasteiger partial charge on any atom is 0.0110 e. The van der Waals surface area contributed by atoms with Crippen molar-refractivity contribution in [3.05, 3.63) is 41.0 Å². The zero-order valence-electron chi connectivity index (χ0n) is 8.66. The lowest BCUT2D eigenvalue weighted by molar-refractivity contribution is 0.628. The molecule has 2 N–H and O–H groups in total. The molecule has 0 amide bonds. The topological polar surface area (TPSA) is 26.0 Å². The summed E-state index contributed by atoms with van der Waals surface area (Å²) in [6, 6.07) is 6.74. The van der Waals surface area contributed by atoms with Crippen LogP contribution in [0.1, 0.15) is 23.6 Å². The molecule has 1 aliphatic rings. The molecule has 0 spiro atoms. The summed E-state index contributed by atoms with van der Waals surface area (Å²) in [5, 5.41) is 0. The van der Waals surface area contributed by atoms with E-state index in [4.69, 9.17) is 5.73 Å². The first-order valence-electron chi connectivity index (χ1n) is 5.28. The van der Waals surface area contributed by atoms with Crippen LogP contribution in [0.5, 0.6) is 0 Å². The molecule has 1 heteroatoms. The molecule has 14 heavy (non-hydrogen) atoms. The molecule has 1 unspecified atom stereocenters. The Kier molecular flexibility index (Phi) is 2.69. The molecule has 0 bridgehead atoms. The van der Waals surface area contributed by atoms with Gasteiger partial charge >= 0.3 is 0 Å². The Morgan fingerprint density at radius 2 is 2.14 bits per heavy atom. The standard InChI is InChI=1S/C13H17N/c1-10-7-12-5-4-11(3-2-6-14)9-13(12)8-10/h2-5,9-10H,6-8,14H2,1H3/b3-2+. The second kappa shape index (κ2) is 3.97. The van der Waals surface area contributed by atoms with E-state index >= 15 is 0 Å². The van der Waals surface area contributed by atoms with E-state index in [1.54, 1.807) is 0 Å².